The molecule has 2 aromatic carbocycles. The minimum absolute atomic E-state index is 0.0629. The molecule has 3 aromatic heterocycles. The molecule has 3 amide bonds. The number of imide groups is 1. The maximum Gasteiger partial charge on any atom is 0.284 e. The standard InChI is InChI=1S/C39H40F2N10O4/c40-36(41)35-31(45-38(54)32-23-55-39(46-32)26-12-13-42-33(19-26)43-20-24-4-5-24)22-51(48-35)29-8-6-28(7-9-29)50-16-14-49(15-17-50)21-25-2-1-3-27(18-25)44-30-10-11-34(52)47-37(30)53/h1-3,6-9,12-13,18-19,22-24,30,36,44H,4-5,10-11,14-17,20-21H2,(H,42,43)(H,45,54)(H,47,52,53). The van der Waals surface area contributed by atoms with Gasteiger partial charge in [0.25, 0.3) is 12.3 Å². The highest BCUT2D eigenvalue weighted by Gasteiger charge is 2.27. The highest BCUT2D eigenvalue weighted by molar-refractivity contribution is 6.03. The Kier molecular flexibility index (Phi) is 10.2. The molecule has 0 bridgehead atoms. The van der Waals surface area contributed by atoms with E-state index >= 15 is 0 Å². The van der Waals surface area contributed by atoms with E-state index in [1.54, 1.807) is 18.3 Å². The van der Waals surface area contributed by atoms with Gasteiger partial charge in [-0.3, -0.25) is 24.6 Å². The fourth-order valence-electron chi connectivity index (χ4n) is 6.74. The Morgan fingerprint density at radius 2 is 1.78 bits per heavy atom. The lowest BCUT2D eigenvalue weighted by molar-refractivity contribution is -0.133. The van der Waals surface area contributed by atoms with E-state index in [1.807, 2.05) is 42.5 Å². The van der Waals surface area contributed by atoms with Gasteiger partial charge >= 0.3 is 0 Å². The number of oxazole rings is 1. The first-order valence-electron chi connectivity index (χ1n) is 18.4. The number of anilines is 4. The number of alkyl halides is 2. The summed E-state index contributed by atoms with van der Waals surface area (Å²) in [6.07, 6.45) is 4.45. The molecule has 16 heteroatoms. The Morgan fingerprint density at radius 1 is 0.982 bits per heavy atom. The number of nitrogens with zero attached hydrogens (tertiary/aromatic N) is 6. The van der Waals surface area contributed by atoms with Gasteiger partial charge in [0.1, 0.15) is 18.1 Å². The molecule has 0 radical (unpaired) electrons. The molecule has 5 heterocycles. The molecule has 4 N–H and O–H groups in total. The number of rotatable bonds is 13. The molecule has 2 aliphatic heterocycles. The fourth-order valence-corrected chi connectivity index (χ4v) is 6.74. The lowest BCUT2D eigenvalue weighted by Crippen LogP contribution is -2.47. The molecule has 1 saturated carbocycles. The van der Waals surface area contributed by atoms with Crippen molar-refractivity contribution in [1.29, 1.82) is 0 Å². The van der Waals surface area contributed by atoms with E-state index in [0.29, 0.717) is 35.8 Å². The van der Waals surface area contributed by atoms with Crippen LogP contribution in [-0.4, -0.2) is 81.1 Å². The molecular weight excluding hydrogens is 710 g/mol. The van der Waals surface area contributed by atoms with Crippen LogP contribution < -0.4 is 26.2 Å². The Bertz CT molecular complexity index is 2180. The Balaban J connectivity index is 0.860. The average Bonchev–Trinajstić information content (AvgIpc) is 3.71. The molecular formula is C39H40F2N10O4. The Morgan fingerprint density at radius 3 is 2.55 bits per heavy atom. The summed E-state index contributed by atoms with van der Waals surface area (Å²) in [5.74, 6) is 0.309. The number of carbonyl (C=O) groups is 3. The zero-order valence-corrected chi connectivity index (χ0v) is 29.9. The third-order valence-corrected chi connectivity index (χ3v) is 9.98. The molecule has 1 atom stereocenters. The number of nitrogens with one attached hydrogen (secondary N) is 4. The van der Waals surface area contributed by atoms with E-state index in [9.17, 15) is 23.2 Å². The molecule has 2 saturated heterocycles. The van der Waals surface area contributed by atoms with Crippen LogP contribution in [0, 0.1) is 5.92 Å². The summed E-state index contributed by atoms with van der Waals surface area (Å²) in [5.41, 5.74) is 3.39. The Hall–Kier alpha value is -6.16. The van der Waals surface area contributed by atoms with Crippen molar-refractivity contribution in [3.8, 4) is 17.1 Å². The fraction of sp³-hybridized carbons (Fsp3) is 0.333. The van der Waals surface area contributed by atoms with Crippen molar-refractivity contribution in [1.82, 2.24) is 30.0 Å². The normalized spacial score (nSPS) is 17.7. The third kappa shape index (κ3) is 8.64. The van der Waals surface area contributed by atoms with Crippen LogP contribution in [0.15, 0.2) is 83.7 Å². The smallest absolute Gasteiger partial charge is 0.284 e. The first-order valence-corrected chi connectivity index (χ1v) is 18.4. The lowest BCUT2D eigenvalue weighted by atomic mass is 10.1. The molecule has 8 rings (SSSR count). The van der Waals surface area contributed by atoms with Crippen LogP contribution in [0.4, 0.5) is 31.7 Å². The van der Waals surface area contributed by atoms with Crippen molar-refractivity contribution in [2.75, 3.05) is 53.6 Å². The topological polar surface area (TPSA) is 163 Å². The predicted octanol–water partition coefficient (Wildman–Crippen LogP) is 5.47. The van der Waals surface area contributed by atoms with E-state index in [-0.39, 0.29) is 29.1 Å². The molecule has 3 aliphatic rings. The molecule has 1 aliphatic carbocycles. The number of amides is 3. The number of halogens is 2. The first kappa shape index (κ1) is 35.8. The zero-order chi connectivity index (χ0) is 37.9. The number of piperidine rings is 1. The van der Waals surface area contributed by atoms with Gasteiger partial charge in [0.2, 0.25) is 17.7 Å². The van der Waals surface area contributed by atoms with Crippen molar-refractivity contribution in [3.63, 3.8) is 0 Å². The van der Waals surface area contributed by atoms with Gasteiger partial charge in [-0.1, -0.05) is 12.1 Å². The van der Waals surface area contributed by atoms with Crippen molar-refractivity contribution in [2.45, 2.75) is 44.7 Å². The summed E-state index contributed by atoms with van der Waals surface area (Å²) in [6.45, 7) is 4.85. The van der Waals surface area contributed by atoms with E-state index in [0.717, 1.165) is 56.2 Å². The van der Waals surface area contributed by atoms with Crippen molar-refractivity contribution < 1.29 is 27.6 Å². The minimum atomic E-state index is -2.93. The molecule has 3 fully saturated rings. The number of benzene rings is 2. The lowest BCUT2D eigenvalue weighted by Gasteiger charge is -2.36. The zero-order valence-electron chi connectivity index (χ0n) is 29.9. The summed E-state index contributed by atoms with van der Waals surface area (Å²) >= 11 is 0. The van der Waals surface area contributed by atoms with Crippen LogP contribution in [0.2, 0.25) is 0 Å². The van der Waals surface area contributed by atoms with E-state index in [1.165, 1.54) is 30.0 Å². The molecule has 14 nitrogen and oxygen atoms in total. The third-order valence-electron chi connectivity index (χ3n) is 9.98. The van der Waals surface area contributed by atoms with Gasteiger partial charge in [-0.25, -0.2) is 23.4 Å². The maximum absolute atomic E-state index is 14.1. The number of carbonyl (C=O) groups excluding carboxylic acids is 3. The van der Waals surface area contributed by atoms with Gasteiger partial charge in [-0.15, -0.1) is 0 Å². The first-order chi connectivity index (χ1) is 26.7. The van der Waals surface area contributed by atoms with Gasteiger partial charge in [-0.2, -0.15) is 5.10 Å². The number of hydrogen-bond donors (Lipinski definition) is 4. The number of hydrogen-bond acceptors (Lipinski definition) is 11. The van der Waals surface area contributed by atoms with E-state index in [4.69, 9.17) is 4.42 Å². The number of pyridine rings is 1. The van der Waals surface area contributed by atoms with E-state index < -0.39 is 24.1 Å². The van der Waals surface area contributed by atoms with Gasteiger partial charge in [0, 0.05) is 68.8 Å². The minimum Gasteiger partial charge on any atom is -0.444 e. The number of piperazine rings is 1. The van der Waals surface area contributed by atoms with Crippen molar-refractivity contribution >= 4 is 40.6 Å². The highest BCUT2D eigenvalue weighted by atomic mass is 19.3. The van der Waals surface area contributed by atoms with Crippen molar-refractivity contribution in [2.24, 2.45) is 5.92 Å². The SMILES string of the molecule is O=C1CCC(Nc2cccc(CN3CCN(c4ccc(-n5cc(NC(=O)c6coc(-c7ccnc(NCC8CC8)c7)n6)c(C(F)F)n5)cc4)CC3)c2)C(=O)N1. The molecule has 1 unspecified atom stereocenters. The molecule has 5 aromatic rings. The second-order valence-corrected chi connectivity index (χ2v) is 14.0. The average molecular weight is 751 g/mol. The summed E-state index contributed by atoms with van der Waals surface area (Å²) in [5, 5.41) is 15.6. The molecule has 284 valence electrons. The van der Waals surface area contributed by atoms with Crippen molar-refractivity contribution in [3.05, 3.63) is 96.3 Å². The maximum atomic E-state index is 14.1. The summed E-state index contributed by atoms with van der Waals surface area (Å²) in [6, 6.07) is 18.5. The van der Waals surface area contributed by atoms with Crippen LogP contribution in [0.25, 0.3) is 17.1 Å². The second-order valence-electron chi connectivity index (χ2n) is 14.0. The van der Waals surface area contributed by atoms with Gasteiger partial charge in [0.05, 0.1) is 17.6 Å². The highest BCUT2D eigenvalue weighted by Crippen LogP contribution is 2.31. The van der Waals surface area contributed by atoms with Crippen LogP contribution in [0.5, 0.6) is 0 Å². The molecule has 55 heavy (non-hydrogen) atoms. The van der Waals surface area contributed by atoms with Crippen LogP contribution in [0.1, 0.15) is 53.9 Å². The predicted molar refractivity (Wildman–Crippen MR) is 201 cm³/mol. The quantitative estimate of drug-likeness (QED) is 0.113. The van der Waals surface area contributed by atoms with Gasteiger partial charge in [0.15, 0.2) is 11.4 Å². The summed E-state index contributed by atoms with van der Waals surface area (Å²) < 4.78 is 35.1. The van der Waals surface area contributed by atoms with Gasteiger partial charge in [-0.05, 0) is 79.3 Å². The largest absolute Gasteiger partial charge is 0.444 e. The monoisotopic (exact) mass is 750 g/mol. The summed E-state index contributed by atoms with van der Waals surface area (Å²) in [7, 11) is 0. The molecule has 0 spiro atoms. The summed E-state index contributed by atoms with van der Waals surface area (Å²) in [4.78, 5) is 50.0. The van der Waals surface area contributed by atoms with Gasteiger partial charge < -0.3 is 25.3 Å². The van der Waals surface area contributed by atoms with E-state index in [2.05, 4.69) is 52.2 Å². The van der Waals surface area contributed by atoms with Crippen LogP contribution in [-0.2, 0) is 16.1 Å². The van der Waals surface area contributed by atoms with Crippen LogP contribution >= 0.6 is 0 Å². The second kappa shape index (κ2) is 15.7. The Labute approximate surface area is 315 Å². The number of aromatic nitrogens is 4. The van der Waals surface area contributed by atoms with Crippen LogP contribution in [0.3, 0.4) is 0 Å².